The first-order valence-corrected chi connectivity index (χ1v) is 5.90. The molecule has 0 unspecified atom stereocenters. The Labute approximate surface area is 104 Å². The van der Waals surface area contributed by atoms with Gasteiger partial charge in [0.2, 0.25) is 5.91 Å². The molecule has 7 nitrogen and oxygen atoms in total. The van der Waals surface area contributed by atoms with E-state index in [2.05, 4.69) is 33.0 Å². The van der Waals surface area contributed by atoms with Crippen LogP contribution in [0.4, 0.5) is 5.82 Å². The number of anilines is 1. The Morgan fingerprint density at radius 3 is 3.00 bits per heavy atom. The minimum atomic E-state index is -0.329. The second kappa shape index (κ2) is 5.44. The van der Waals surface area contributed by atoms with Crippen molar-refractivity contribution in [2.45, 2.75) is 32.6 Å². The first-order chi connectivity index (χ1) is 8.69. The van der Waals surface area contributed by atoms with Crippen molar-refractivity contribution in [3.05, 3.63) is 11.8 Å². The van der Waals surface area contributed by atoms with Gasteiger partial charge in [-0.2, -0.15) is 10.2 Å². The van der Waals surface area contributed by atoms with Gasteiger partial charge in [0, 0.05) is 24.6 Å². The van der Waals surface area contributed by atoms with E-state index in [9.17, 15) is 9.59 Å². The summed E-state index contributed by atoms with van der Waals surface area (Å²) in [7, 11) is 0. The van der Waals surface area contributed by atoms with Gasteiger partial charge in [-0.25, -0.2) is 5.43 Å². The minimum absolute atomic E-state index is 0.170. The smallest absolute Gasteiger partial charge is 0.273 e. The molecule has 1 aliphatic heterocycles. The molecule has 2 rings (SSSR count). The third-order valence-corrected chi connectivity index (χ3v) is 2.56. The number of aryl methyl sites for hydroxylation is 1. The fourth-order valence-corrected chi connectivity index (χ4v) is 1.65. The summed E-state index contributed by atoms with van der Waals surface area (Å²) in [5.74, 6) is -0.0239. The van der Waals surface area contributed by atoms with E-state index in [1.54, 1.807) is 6.07 Å². The van der Waals surface area contributed by atoms with Gasteiger partial charge in [0.15, 0.2) is 5.82 Å². The molecule has 2 heterocycles. The molecule has 2 amide bonds. The number of hydrogen-bond acceptors (Lipinski definition) is 4. The van der Waals surface area contributed by atoms with E-state index < -0.39 is 0 Å². The van der Waals surface area contributed by atoms with Crippen LogP contribution in [0.15, 0.2) is 11.2 Å². The summed E-state index contributed by atoms with van der Waals surface area (Å²) in [5.41, 5.74) is 3.58. The summed E-state index contributed by atoms with van der Waals surface area (Å²) in [4.78, 5) is 22.7. The van der Waals surface area contributed by atoms with Crippen LogP contribution in [0.25, 0.3) is 0 Å². The number of hydrazone groups is 1. The van der Waals surface area contributed by atoms with E-state index in [1.165, 1.54) is 0 Å². The summed E-state index contributed by atoms with van der Waals surface area (Å²) in [6, 6.07) is 1.80. The fraction of sp³-hybridized carbons (Fsp3) is 0.455. The Morgan fingerprint density at radius 2 is 2.33 bits per heavy atom. The lowest BCUT2D eigenvalue weighted by Crippen LogP contribution is -2.32. The van der Waals surface area contributed by atoms with E-state index in [0.29, 0.717) is 18.0 Å². The molecule has 1 aliphatic rings. The number of carbonyl (C=O) groups excluding carboxylic acids is 2. The van der Waals surface area contributed by atoms with Crippen molar-refractivity contribution in [1.29, 1.82) is 0 Å². The first-order valence-electron chi connectivity index (χ1n) is 5.90. The van der Waals surface area contributed by atoms with E-state index in [1.807, 2.05) is 0 Å². The van der Waals surface area contributed by atoms with Crippen molar-refractivity contribution >= 4 is 23.3 Å². The molecule has 0 aromatic carbocycles. The Hall–Kier alpha value is -2.18. The number of rotatable bonds is 4. The van der Waals surface area contributed by atoms with E-state index in [-0.39, 0.29) is 18.2 Å². The molecule has 18 heavy (non-hydrogen) atoms. The molecule has 0 bridgehead atoms. The molecule has 0 fully saturated rings. The zero-order valence-corrected chi connectivity index (χ0v) is 10.1. The zero-order valence-electron chi connectivity index (χ0n) is 10.1. The van der Waals surface area contributed by atoms with Gasteiger partial charge in [-0.05, 0) is 6.42 Å². The zero-order chi connectivity index (χ0) is 13.0. The number of hydrogen-bond donors (Lipinski definition) is 3. The number of aromatic nitrogens is 2. The van der Waals surface area contributed by atoms with Crippen molar-refractivity contribution in [3.8, 4) is 0 Å². The van der Waals surface area contributed by atoms with Crippen molar-refractivity contribution in [2.75, 3.05) is 5.32 Å². The molecule has 0 atom stereocenters. The Bertz CT molecular complexity index is 491. The van der Waals surface area contributed by atoms with Gasteiger partial charge in [0.25, 0.3) is 5.91 Å². The van der Waals surface area contributed by atoms with Gasteiger partial charge < -0.3 is 5.32 Å². The monoisotopic (exact) mass is 249 g/mol. The lowest BCUT2D eigenvalue weighted by atomic mass is 10.1. The van der Waals surface area contributed by atoms with Crippen molar-refractivity contribution < 1.29 is 9.59 Å². The lowest BCUT2D eigenvalue weighted by molar-refractivity contribution is -0.121. The standard InChI is InChI=1S/C11H15N5O2/c1-2-3-7-6-9(15-13-7)12-11(18)8-4-5-10(17)16-14-8/h6H,2-5H2,1H3,(H,16,17)(H2,12,13,15,18). The molecule has 0 aliphatic carbocycles. The fourth-order valence-electron chi connectivity index (χ4n) is 1.65. The van der Waals surface area contributed by atoms with Crippen LogP contribution >= 0.6 is 0 Å². The highest BCUT2D eigenvalue weighted by Crippen LogP contribution is 2.08. The van der Waals surface area contributed by atoms with Crippen molar-refractivity contribution in [2.24, 2.45) is 5.10 Å². The lowest BCUT2D eigenvalue weighted by Gasteiger charge is -2.10. The number of amides is 2. The SMILES string of the molecule is CCCc1cc(NC(=O)C2=NNC(=O)CC2)n[nH]1. The average Bonchev–Trinajstić information content (AvgIpc) is 2.78. The second-order valence-electron chi connectivity index (χ2n) is 4.08. The van der Waals surface area contributed by atoms with Gasteiger partial charge in [-0.15, -0.1) is 0 Å². The summed E-state index contributed by atoms with van der Waals surface area (Å²) in [6.45, 7) is 2.07. The molecule has 0 saturated heterocycles. The Morgan fingerprint density at radius 1 is 1.50 bits per heavy atom. The third-order valence-electron chi connectivity index (χ3n) is 2.56. The average molecular weight is 249 g/mol. The molecule has 1 aromatic heterocycles. The Kier molecular flexibility index (Phi) is 3.71. The minimum Gasteiger partial charge on any atom is -0.304 e. The summed E-state index contributed by atoms with van der Waals surface area (Å²) in [6.07, 6.45) is 2.53. The molecular formula is C11H15N5O2. The number of carbonyl (C=O) groups is 2. The van der Waals surface area contributed by atoms with Crippen LogP contribution in [-0.4, -0.2) is 27.7 Å². The highest BCUT2D eigenvalue weighted by molar-refractivity contribution is 6.43. The van der Waals surface area contributed by atoms with Gasteiger partial charge in [0.1, 0.15) is 5.71 Å². The van der Waals surface area contributed by atoms with Gasteiger partial charge >= 0.3 is 0 Å². The summed E-state index contributed by atoms with van der Waals surface area (Å²) < 4.78 is 0. The summed E-state index contributed by atoms with van der Waals surface area (Å²) >= 11 is 0. The normalized spacial score (nSPS) is 14.9. The number of aromatic amines is 1. The van der Waals surface area contributed by atoms with Crippen LogP contribution in [-0.2, 0) is 16.0 Å². The van der Waals surface area contributed by atoms with E-state index in [4.69, 9.17) is 0 Å². The molecule has 7 heteroatoms. The van der Waals surface area contributed by atoms with Gasteiger partial charge in [-0.3, -0.25) is 14.7 Å². The van der Waals surface area contributed by atoms with Crippen molar-refractivity contribution in [3.63, 3.8) is 0 Å². The molecular weight excluding hydrogens is 234 g/mol. The number of nitrogens with one attached hydrogen (secondary N) is 3. The van der Waals surface area contributed by atoms with E-state index >= 15 is 0 Å². The maximum Gasteiger partial charge on any atom is 0.273 e. The highest BCUT2D eigenvalue weighted by Gasteiger charge is 2.18. The first kappa shape index (κ1) is 12.3. The van der Waals surface area contributed by atoms with Crippen LogP contribution in [0.2, 0.25) is 0 Å². The topological polar surface area (TPSA) is 99.2 Å². The Balaban J connectivity index is 1.96. The number of H-pyrrole nitrogens is 1. The maximum absolute atomic E-state index is 11.8. The third kappa shape index (κ3) is 2.93. The largest absolute Gasteiger partial charge is 0.304 e. The molecule has 3 N–H and O–H groups in total. The molecule has 1 aromatic rings. The molecule has 0 saturated carbocycles. The van der Waals surface area contributed by atoms with Crippen LogP contribution in [0.5, 0.6) is 0 Å². The van der Waals surface area contributed by atoms with Crippen LogP contribution in [0.1, 0.15) is 31.9 Å². The van der Waals surface area contributed by atoms with Gasteiger partial charge in [0.05, 0.1) is 0 Å². The van der Waals surface area contributed by atoms with Gasteiger partial charge in [-0.1, -0.05) is 13.3 Å². The van der Waals surface area contributed by atoms with E-state index in [0.717, 1.165) is 18.5 Å². The van der Waals surface area contributed by atoms with Crippen LogP contribution < -0.4 is 10.7 Å². The predicted octanol–water partition coefficient (Wildman–Crippen LogP) is 0.567. The highest BCUT2D eigenvalue weighted by atomic mass is 16.2. The maximum atomic E-state index is 11.8. The van der Waals surface area contributed by atoms with Crippen molar-refractivity contribution in [1.82, 2.24) is 15.6 Å². The molecule has 0 radical (unpaired) electrons. The number of nitrogens with zero attached hydrogens (tertiary/aromatic N) is 2. The summed E-state index contributed by atoms with van der Waals surface area (Å²) in [5, 5.41) is 13.2. The molecule has 0 spiro atoms. The van der Waals surface area contributed by atoms with Crippen LogP contribution in [0.3, 0.4) is 0 Å². The second-order valence-corrected chi connectivity index (χ2v) is 4.08. The molecule has 96 valence electrons. The van der Waals surface area contributed by atoms with Crippen LogP contribution in [0, 0.1) is 0 Å². The predicted molar refractivity (Wildman–Crippen MR) is 66.0 cm³/mol. The quantitative estimate of drug-likeness (QED) is 0.727.